The van der Waals surface area contributed by atoms with Crippen LogP contribution in [0.5, 0.6) is 0 Å². The Kier molecular flexibility index (Phi) is 22.4. The van der Waals surface area contributed by atoms with Gasteiger partial charge in [0.25, 0.3) is 0 Å². The molecule has 2 aliphatic heterocycles. The second kappa shape index (κ2) is 27.3. The van der Waals surface area contributed by atoms with Crippen molar-refractivity contribution in [1.29, 1.82) is 0 Å². The summed E-state index contributed by atoms with van der Waals surface area (Å²) in [6.45, 7) is 13.7. The van der Waals surface area contributed by atoms with Gasteiger partial charge in [-0.25, -0.2) is 0 Å². The maximum atomic E-state index is 12.1. The van der Waals surface area contributed by atoms with Crippen LogP contribution < -0.4 is 4.90 Å². The van der Waals surface area contributed by atoms with Crippen LogP contribution in [-0.4, -0.2) is 87.6 Å². The number of anilines is 1. The summed E-state index contributed by atoms with van der Waals surface area (Å²) < 4.78 is 29.7. The first-order chi connectivity index (χ1) is 31.6. The molecule has 366 valence electrons. The van der Waals surface area contributed by atoms with Crippen LogP contribution in [0.15, 0.2) is 54.9 Å². The molecule has 0 amide bonds. The van der Waals surface area contributed by atoms with E-state index in [9.17, 15) is 19.2 Å². The molecule has 0 bridgehead atoms. The molecule has 0 spiro atoms. The molecule has 0 unspecified atom stereocenters. The van der Waals surface area contributed by atoms with Gasteiger partial charge in [-0.15, -0.1) is 0 Å². The van der Waals surface area contributed by atoms with Crippen molar-refractivity contribution in [1.82, 2.24) is 4.90 Å². The van der Waals surface area contributed by atoms with E-state index in [1.54, 1.807) is 94.3 Å². The van der Waals surface area contributed by atoms with Gasteiger partial charge in [0.2, 0.25) is 6.67 Å². The van der Waals surface area contributed by atoms with E-state index in [0.29, 0.717) is 7.92 Å². The molecule has 66 heavy (non-hydrogen) atoms. The third-order valence-corrected chi connectivity index (χ3v) is 18.7. The first kappa shape index (κ1) is 54.1. The van der Waals surface area contributed by atoms with E-state index >= 15 is 0 Å². The van der Waals surface area contributed by atoms with Crippen LogP contribution in [0.1, 0.15) is 146 Å². The maximum absolute atomic E-state index is 12.1. The minimum absolute atomic E-state index is 0.300. The molecule has 5 atom stereocenters. The van der Waals surface area contributed by atoms with Gasteiger partial charge < -0.3 is 33.5 Å². The molecule has 0 aromatic heterocycles. The molecule has 4 fully saturated rings. The van der Waals surface area contributed by atoms with Crippen molar-refractivity contribution in [3.8, 4) is 0 Å². The van der Waals surface area contributed by atoms with E-state index < -0.39 is 68.0 Å². The zero-order valence-electron chi connectivity index (χ0n) is 39.8. The molecule has 2 aromatic carbocycles. The van der Waals surface area contributed by atoms with Crippen LogP contribution in [0.4, 0.5) is 5.69 Å². The van der Waals surface area contributed by atoms with Crippen molar-refractivity contribution < 1.29 is 56.4 Å². The zero-order chi connectivity index (χ0) is 47.8. The van der Waals surface area contributed by atoms with Crippen molar-refractivity contribution >= 4 is 61.5 Å². The Bertz CT molecular complexity index is 1890. The molecule has 0 N–H and O–H groups in total. The molecule has 5 aliphatic rings. The van der Waals surface area contributed by atoms with Gasteiger partial charge in [-0.05, 0) is 87.4 Å². The van der Waals surface area contributed by atoms with Crippen LogP contribution >= 0.6 is 27.3 Å². The number of carbonyl (C=O) groups excluding carboxylic acids is 4. The number of hydrogen-bond acceptors (Lipinski definition) is 11. The number of esters is 4. The summed E-state index contributed by atoms with van der Waals surface area (Å²) in [7, 11) is 11.7. The van der Waals surface area contributed by atoms with Gasteiger partial charge in [0, 0.05) is 45.8 Å². The van der Waals surface area contributed by atoms with Gasteiger partial charge in [-0.3, -0.25) is 19.2 Å². The molecule has 2 radical (unpaired) electrons. The molecular weight excluding hydrogens is 988 g/mol. The number of ether oxygens (including phenoxy) is 5. The summed E-state index contributed by atoms with van der Waals surface area (Å²) in [5, 5.41) is 0. The quantitative estimate of drug-likeness (QED) is 0.0925. The number of rotatable bonds is 11. The summed E-state index contributed by atoms with van der Waals surface area (Å²) in [6.07, 6.45) is 21.3. The van der Waals surface area contributed by atoms with Crippen LogP contribution in [-0.2, 0) is 56.4 Å². The molecule has 7 rings (SSSR count). The summed E-state index contributed by atoms with van der Waals surface area (Å²) in [4.78, 5) is 50.9. The Hall–Kier alpha value is -2.88. The summed E-state index contributed by atoms with van der Waals surface area (Å²) >= 11 is -1.61. The number of carbonyl (C=O) groups is 4. The van der Waals surface area contributed by atoms with Crippen molar-refractivity contribution in [3.63, 3.8) is 0 Å². The number of halogens is 2. The molecule has 2 heterocycles. The molecule has 2 aromatic rings. The zero-order valence-corrected chi connectivity index (χ0v) is 44.0. The Morgan fingerprint density at radius 1 is 0.682 bits per heavy atom. The fourth-order valence-corrected chi connectivity index (χ4v) is 16.7. The molecular formula is C51H71Cl2N2O9PRu. The second-order valence-electron chi connectivity index (χ2n) is 18.1. The Labute approximate surface area is 408 Å². The first-order valence-electron chi connectivity index (χ1n) is 23.7. The van der Waals surface area contributed by atoms with E-state index in [1.807, 2.05) is 55.7 Å². The molecule has 3 saturated carbocycles. The second-order valence-corrected chi connectivity index (χ2v) is 26.9. The van der Waals surface area contributed by atoms with Crippen LogP contribution in [0, 0.1) is 27.4 Å². The predicted molar refractivity (Wildman–Crippen MR) is 260 cm³/mol. The SMILES string of the molecule is C1CCC(P(C2CCCCC2)C2CCCCC2)CC1.CC(=O)OC[C@H]1O[C@@H](N2[C]N(c3c(C)cc(C)cc3C)C=C2)[C@H](OC(C)=O)[C@@H](OC(C)=O)[C@@H]1OC(C)=O.[Cl][Ru]([Cl])=[CH]c1ccccc1. The Balaban J connectivity index is 0.000000230. The summed E-state index contributed by atoms with van der Waals surface area (Å²) in [6, 6.07) is 14.0. The third kappa shape index (κ3) is 16.7. The number of nitrogens with zero attached hydrogens (tertiary/aromatic N) is 2. The van der Waals surface area contributed by atoms with E-state index in [2.05, 4.69) is 18.8 Å². The summed E-state index contributed by atoms with van der Waals surface area (Å²) in [5.74, 6) is -2.62. The number of aryl methyl sites for hydroxylation is 3. The van der Waals surface area contributed by atoms with Gasteiger partial charge in [0.1, 0.15) is 12.7 Å². The topological polar surface area (TPSA) is 121 Å². The van der Waals surface area contributed by atoms with Crippen molar-refractivity contribution in [2.24, 2.45) is 0 Å². The van der Waals surface area contributed by atoms with Gasteiger partial charge in [-0.1, -0.05) is 83.4 Å². The van der Waals surface area contributed by atoms with Crippen molar-refractivity contribution in [2.45, 2.75) is 192 Å². The molecule has 15 heteroatoms. The van der Waals surface area contributed by atoms with Gasteiger partial charge in [0.05, 0.1) is 0 Å². The van der Waals surface area contributed by atoms with E-state index in [4.69, 9.17) is 43.1 Å². The third-order valence-electron chi connectivity index (χ3n) is 12.7. The standard InChI is InChI=1S/C26H32N2O9.C18H33P.C7H6.2ClH.Ru/c1-14-10-15(2)22(16(3)11-14)27-8-9-28(13-27)26-25(36-20(7)32)24(35-19(6)31)23(34-18(5)30)21(37-26)12-33-17(4)29;1-4-10-16(11-5-1)19(17-12-6-2-7-13-17)18-14-8-3-9-15-18;1-7-5-3-2-4-6-7;;;/h8-11,21,23-26H,12H2,1-7H3;16-18H,1-15H2;1-6H;2*1H;/q;;;;;+2/p-2/t21-,23-,24+,25-,26-;;;;;/m1...../s1. The molecule has 11 nitrogen and oxygen atoms in total. The van der Waals surface area contributed by atoms with Crippen molar-refractivity contribution in [3.05, 3.63) is 83.8 Å². The Morgan fingerprint density at radius 2 is 1.15 bits per heavy atom. The molecule has 3 aliphatic carbocycles. The Morgan fingerprint density at radius 3 is 1.61 bits per heavy atom. The van der Waals surface area contributed by atoms with E-state index in [0.717, 1.165) is 27.9 Å². The van der Waals surface area contributed by atoms with Gasteiger partial charge >= 0.3 is 97.3 Å². The first-order valence-corrected chi connectivity index (χ1v) is 30.7. The minimum atomic E-state index is -1.61. The fraction of sp³-hybridized carbons (Fsp3) is 0.608. The van der Waals surface area contributed by atoms with Crippen LogP contribution in [0.25, 0.3) is 0 Å². The summed E-state index contributed by atoms with van der Waals surface area (Å²) in [5.41, 5.74) is 8.77. The predicted octanol–water partition coefficient (Wildman–Crippen LogP) is 11.5. The number of hydrogen-bond donors (Lipinski definition) is 0. The van der Waals surface area contributed by atoms with Crippen LogP contribution in [0.3, 0.4) is 0 Å². The fourth-order valence-electron chi connectivity index (χ4n) is 10.2. The van der Waals surface area contributed by atoms with Crippen molar-refractivity contribution in [2.75, 3.05) is 11.5 Å². The average molecular weight is 1060 g/mol. The van der Waals surface area contributed by atoms with E-state index in [1.165, 1.54) is 68.8 Å². The molecule has 1 saturated heterocycles. The average Bonchev–Trinajstić information content (AvgIpc) is 3.75. The van der Waals surface area contributed by atoms with Gasteiger partial charge in [0.15, 0.2) is 24.5 Å². The number of benzene rings is 2. The normalized spacial score (nSPS) is 24.0. The monoisotopic (exact) mass is 1060 g/mol. The van der Waals surface area contributed by atoms with E-state index in [-0.39, 0.29) is 6.61 Å². The van der Waals surface area contributed by atoms with Gasteiger partial charge in [-0.2, -0.15) is 0 Å². The van der Waals surface area contributed by atoms with Crippen LogP contribution in [0.2, 0.25) is 0 Å².